The standard InChI is InChI=1S/C24H28N4O/c1-16-15-21(22(29)27-20-14-10-9-13-19(20)24(3,4)5)28-23(25-16)26-17(2)18-11-7-6-8-12-18/h6-15,17H,1-5H3,(H,27,29)(H,25,26,28). The van der Waals surface area contributed by atoms with E-state index in [1.807, 2.05) is 68.4 Å². The Morgan fingerprint density at radius 2 is 1.62 bits per heavy atom. The molecule has 0 saturated carbocycles. The third-order valence-electron chi connectivity index (χ3n) is 4.72. The maximum Gasteiger partial charge on any atom is 0.274 e. The van der Waals surface area contributed by atoms with Gasteiger partial charge in [-0.05, 0) is 42.5 Å². The van der Waals surface area contributed by atoms with Crippen molar-refractivity contribution in [1.82, 2.24) is 9.97 Å². The number of nitrogens with one attached hydrogen (secondary N) is 2. The van der Waals surface area contributed by atoms with Gasteiger partial charge in [0, 0.05) is 11.4 Å². The summed E-state index contributed by atoms with van der Waals surface area (Å²) in [7, 11) is 0. The lowest BCUT2D eigenvalue weighted by molar-refractivity contribution is 0.102. The first-order valence-electron chi connectivity index (χ1n) is 9.82. The Kier molecular flexibility index (Phi) is 5.97. The molecular formula is C24H28N4O. The van der Waals surface area contributed by atoms with E-state index in [-0.39, 0.29) is 17.4 Å². The van der Waals surface area contributed by atoms with Gasteiger partial charge in [-0.25, -0.2) is 9.97 Å². The molecule has 5 nitrogen and oxygen atoms in total. The number of amides is 1. The zero-order valence-corrected chi connectivity index (χ0v) is 17.7. The van der Waals surface area contributed by atoms with Gasteiger partial charge in [0.05, 0.1) is 6.04 Å². The van der Waals surface area contributed by atoms with Crippen LogP contribution in [0.4, 0.5) is 11.6 Å². The van der Waals surface area contributed by atoms with Gasteiger partial charge in [-0.1, -0.05) is 69.3 Å². The number of hydrogen-bond acceptors (Lipinski definition) is 4. The lowest BCUT2D eigenvalue weighted by Crippen LogP contribution is -2.20. The lowest BCUT2D eigenvalue weighted by atomic mass is 9.86. The topological polar surface area (TPSA) is 66.9 Å². The molecule has 0 aliphatic carbocycles. The Labute approximate surface area is 172 Å². The van der Waals surface area contributed by atoms with Crippen LogP contribution in [0.3, 0.4) is 0 Å². The van der Waals surface area contributed by atoms with E-state index in [9.17, 15) is 4.79 Å². The molecule has 2 N–H and O–H groups in total. The van der Waals surface area contributed by atoms with Crippen molar-refractivity contribution in [3.05, 3.63) is 83.2 Å². The van der Waals surface area contributed by atoms with Gasteiger partial charge in [0.1, 0.15) is 5.69 Å². The van der Waals surface area contributed by atoms with E-state index < -0.39 is 0 Å². The quantitative estimate of drug-likeness (QED) is 0.605. The van der Waals surface area contributed by atoms with Crippen LogP contribution in [0.1, 0.15) is 61.0 Å². The van der Waals surface area contributed by atoms with Crippen molar-refractivity contribution in [2.45, 2.75) is 46.1 Å². The molecule has 1 heterocycles. The minimum absolute atomic E-state index is 0.0236. The predicted molar refractivity (Wildman–Crippen MR) is 118 cm³/mol. The molecule has 0 fully saturated rings. The fourth-order valence-electron chi connectivity index (χ4n) is 3.20. The Hall–Kier alpha value is -3.21. The first-order valence-corrected chi connectivity index (χ1v) is 9.82. The highest BCUT2D eigenvalue weighted by Crippen LogP contribution is 2.29. The zero-order chi connectivity index (χ0) is 21.0. The summed E-state index contributed by atoms with van der Waals surface area (Å²) in [5.74, 6) is 0.193. The maximum absolute atomic E-state index is 12.9. The second kappa shape index (κ2) is 8.43. The summed E-state index contributed by atoms with van der Waals surface area (Å²) >= 11 is 0. The van der Waals surface area contributed by atoms with Crippen LogP contribution in [-0.4, -0.2) is 15.9 Å². The van der Waals surface area contributed by atoms with Crippen LogP contribution < -0.4 is 10.6 Å². The van der Waals surface area contributed by atoms with Crippen LogP contribution in [0, 0.1) is 6.92 Å². The summed E-state index contributed by atoms with van der Waals surface area (Å²) in [5.41, 5.74) is 4.00. The largest absolute Gasteiger partial charge is 0.348 e. The number of aryl methyl sites for hydroxylation is 1. The van der Waals surface area contributed by atoms with E-state index in [0.29, 0.717) is 11.6 Å². The predicted octanol–water partition coefficient (Wildman–Crippen LogP) is 5.51. The molecule has 1 atom stereocenters. The molecule has 5 heteroatoms. The van der Waals surface area contributed by atoms with Crippen LogP contribution in [0.2, 0.25) is 0 Å². The smallest absolute Gasteiger partial charge is 0.274 e. The molecule has 0 saturated heterocycles. The van der Waals surface area contributed by atoms with Crippen LogP contribution in [0.5, 0.6) is 0 Å². The number of benzene rings is 2. The van der Waals surface area contributed by atoms with Crippen molar-refractivity contribution in [3.8, 4) is 0 Å². The molecule has 0 bridgehead atoms. The first-order chi connectivity index (χ1) is 13.7. The van der Waals surface area contributed by atoms with Crippen molar-refractivity contribution in [2.24, 2.45) is 0 Å². The van der Waals surface area contributed by atoms with Crippen LogP contribution in [0.15, 0.2) is 60.7 Å². The highest BCUT2D eigenvalue weighted by molar-refractivity contribution is 6.03. The minimum atomic E-state index is -0.248. The summed E-state index contributed by atoms with van der Waals surface area (Å²) in [5, 5.41) is 6.31. The molecule has 0 spiro atoms. The van der Waals surface area contributed by atoms with Gasteiger partial charge < -0.3 is 10.6 Å². The van der Waals surface area contributed by atoms with E-state index >= 15 is 0 Å². The van der Waals surface area contributed by atoms with Gasteiger partial charge in [-0.2, -0.15) is 0 Å². The maximum atomic E-state index is 12.9. The Balaban J connectivity index is 1.82. The van der Waals surface area contributed by atoms with Crippen molar-refractivity contribution in [3.63, 3.8) is 0 Å². The van der Waals surface area contributed by atoms with E-state index in [2.05, 4.69) is 41.4 Å². The number of carbonyl (C=O) groups is 1. The monoisotopic (exact) mass is 388 g/mol. The highest BCUT2D eigenvalue weighted by Gasteiger charge is 2.20. The Morgan fingerprint density at radius 3 is 2.31 bits per heavy atom. The SMILES string of the molecule is Cc1cc(C(=O)Nc2ccccc2C(C)(C)C)nc(NC(C)c2ccccc2)n1. The van der Waals surface area contributed by atoms with Gasteiger partial charge >= 0.3 is 0 Å². The molecule has 0 aliphatic heterocycles. The highest BCUT2D eigenvalue weighted by atomic mass is 16.1. The van der Waals surface area contributed by atoms with Crippen molar-refractivity contribution < 1.29 is 4.79 Å². The molecule has 1 unspecified atom stereocenters. The lowest BCUT2D eigenvalue weighted by Gasteiger charge is -2.23. The minimum Gasteiger partial charge on any atom is -0.348 e. The van der Waals surface area contributed by atoms with E-state index in [1.165, 1.54) is 0 Å². The number of rotatable bonds is 5. The van der Waals surface area contributed by atoms with Crippen LogP contribution in [-0.2, 0) is 5.41 Å². The number of carbonyl (C=O) groups excluding carboxylic acids is 1. The van der Waals surface area contributed by atoms with Crippen LogP contribution >= 0.6 is 0 Å². The third-order valence-corrected chi connectivity index (χ3v) is 4.72. The van der Waals surface area contributed by atoms with Gasteiger partial charge in [-0.15, -0.1) is 0 Å². The van der Waals surface area contributed by atoms with Crippen molar-refractivity contribution >= 4 is 17.5 Å². The zero-order valence-electron chi connectivity index (χ0n) is 17.7. The van der Waals surface area contributed by atoms with Crippen molar-refractivity contribution in [2.75, 3.05) is 10.6 Å². The number of anilines is 2. The van der Waals surface area contributed by atoms with E-state index in [0.717, 1.165) is 22.5 Å². The summed E-state index contributed by atoms with van der Waals surface area (Å²) in [6.07, 6.45) is 0. The second-order valence-electron chi connectivity index (χ2n) is 8.24. The Bertz CT molecular complexity index is 993. The molecule has 0 radical (unpaired) electrons. The molecular weight excluding hydrogens is 360 g/mol. The van der Waals surface area contributed by atoms with Gasteiger partial charge in [-0.3, -0.25) is 4.79 Å². The number of nitrogens with zero attached hydrogens (tertiary/aromatic N) is 2. The molecule has 3 rings (SSSR count). The molecule has 1 amide bonds. The van der Waals surface area contributed by atoms with Gasteiger partial charge in [0.15, 0.2) is 0 Å². The molecule has 3 aromatic rings. The van der Waals surface area contributed by atoms with Crippen LogP contribution in [0.25, 0.3) is 0 Å². The second-order valence-corrected chi connectivity index (χ2v) is 8.24. The number of aromatic nitrogens is 2. The first kappa shape index (κ1) is 20.5. The fourth-order valence-corrected chi connectivity index (χ4v) is 3.20. The summed E-state index contributed by atoms with van der Waals surface area (Å²) in [6.45, 7) is 10.3. The summed E-state index contributed by atoms with van der Waals surface area (Å²) < 4.78 is 0. The average Bonchev–Trinajstić information content (AvgIpc) is 2.67. The normalized spacial score (nSPS) is 12.3. The number of para-hydroxylation sites is 1. The molecule has 150 valence electrons. The average molecular weight is 389 g/mol. The van der Waals surface area contributed by atoms with E-state index in [4.69, 9.17) is 0 Å². The Morgan fingerprint density at radius 1 is 0.966 bits per heavy atom. The van der Waals surface area contributed by atoms with Crippen molar-refractivity contribution in [1.29, 1.82) is 0 Å². The van der Waals surface area contributed by atoms with Gasteiger partial charge in [0.25, 0.3) is 5.91 Å². The molecule has 0 aliphatic rings. The van der Waals surface area contributed by atoms with E-state index in [1.54, 1.807) is 6.07 Å². The summed E-state index contributed by atoms with van der Waals surface area (Å²) in [4.78, 5) is 21.8. The molecule has 29 heavy (non-hydrogen) atoms. The van der Waals surface area contributed by atoms with Gasteiger partial charge in [0.2, 0.25) is 5.95 Å². The summed E-state index contributed by atoms with van der Waals surface area (Å²) in [6, 6.07) is 19.7. The fraction of sp³-hybridized carbons (Fsp3) is 0.292. The molecule has 2 aromatic carbocycles. The third kappa shape index (κ3) is 5.19. The molecule has 1 aromatic heterocycles. The number of hydrogen-bond donors (Lipinski definition) is 2.